The molecule has 1 amide bonds. The van der Waals surface area contributed by atoms with Crippen molar-refractivity contribution in [2.45, 2.75) is 45.8 Å². The molecule has 1 heterocycles. The normalized spacial score (nSPS) is 20.6. The van der Waals surface area contributed by atoms with E-state index in [1.165, 1.54) is 0 Å². The fourth-order valence-corrected chi connectivity index (χ4v) is 3.60. The zero-order chi connectivity index (χ0) is 18.0. The predicted molar refractivity (Wildman–Crippen MR) is 101 cm³/mol. The van der Waals surface area contributed by atoms with Crippen LogP contribution in [0.15, 0.2) is 48.5 Å². The van der Waals surface area contributed by atoms with Crippen LogP contribution >= 0.6 is 0 Å². The molecule has 4 heteroatoms. The van der Waals surface area contributed by atoms with Gasteiger partial charge in [-0.3, -0.25) is 4.79 Å². The van der Waals surface area contributed by atoms with Gasteiger partial charge >= 0.3 is 0 Å². The highest BCUT2D eigenvalue weighted by Crippen LogP contribution is 2.42. The summed E-state index contributed by atoms with van der Waals surface area (Å²) in [6.07, 6.45) is 0.877. The predicted octanol–water partition coefficient (Wildman–Crippen LogP) is 4.62. The van der Waals surface area contributed by atoms with Crippen molar-refractivity contribution in [1.82, 2.24) is 4.90 Å². The number of nitrogens with one attached hydrogen (secondary N) is 1. The Labute approximate surface area is 149 Å². The summed E-state index contributed by atoms with van der Waals surface area (Å²) in [5.74, 6) is 0.859. The van der Waals surface area contributed by atoms with E-state index in [1.807, 2.05) is 60.4 Å². The van der Waals surface area contributed by atoms with Crippen LogP contribution in [0.5, 0.6) is 5.75 Å². The third-order valence-corrected chi connectivity index (χ3v) is 4.98. The molecule has 1 aliphatic rings. The van der Waals surface area contributed by atoms with Gasteiger partial charge in [0.1, 0.15) is 11.4 Å². The van der Waals surface area contributed by atoms with Gasteiger partial charge in [-0.05, 0) is 45.4 Å². The monoisotopic (exact) mass is 338 g/mol. The van der Waals surface area contributed by atoms with Crippen LogP contribution < -0.4 is 10.1 Å². The lowest BCUT2D eigenvalue weighted by Crippen LogP contribution is -2.59. The number of para-hydroxylation sites is 2. The van der Waals surface area contributed by atoms with Gasteiger partial charge in [0.2, 0.25) is 0 Å². The minimum absolute atomic E-state index is 0.0532. The molecule has 3 rings (SSSR count). The molecule has 0 aliphatic carbocycles. The van der Waals surface area contributed by atoms with Crippen LogP contribution in [-0.4, -0.2) is 23.5 Å². The van der Waals surface area contributed by atoms with Crippen molar-refractivity contribution in [2.75, 3.05) is 11.9 Å². The zero-order valence-electron chi connectivity index (χ0n) is 15.4. The molecule has 2 aromatic rings. The Morgan fingerprint density at radius 1 is 1.12 bits per heavy atom. The molecule has 2 atom stereocenters. The van der Waals surface area contributed by atoms with Crippen LogP contribution in [-0.2, 0) is 5.66 Å². The summed E-state index contributed by atoms with van der Waals surface area (Å²) in [5, 5.41) is 3.61. The maximum Gasteiger partial charge on any atom is 0.258 e. The maximum absolute atomic E-state index is 13.3. The number of carbonyl (C=O) groups excluding carboxylic acids is 1. The quantitative estimate of drug-likeness (QED) is 0.864. The highest BCUT2D eigenvalue weighted by molar-refractivity contribution is 6.02. The highest BCUT2D eigenvalue weighted by Gasteiger charge is 2.45. The average Bonchev–Trinajstić information content (AvgIpc) is 2.62. The van der Waals surface area contributed by atoms with Crippen molar-refractivity contribution >= 4 is 11.6 Å². The number of rotatable bonds is 5. The molecule has 0 aromatic heterocycles. The second-order valence-electron chi connectivity index (χ2n) is 6.60. The summed E-state index contributed by atoms with van der Waals surface area (Å²) in [6.45, 7) is 8.81. The Morgan fingerprint density at radius 3 is 2.52 bits per heavy atom. The maximum atomic E-state index is 13.3. The van der Waals surface area contributed by atoms with Gasteiger partial charge < -0.3 is 15.0 Å². The number of hydrogen-bond donors (Lipinski definition) is 1. The van der Waals surface area contributed by atoms with Crippen molar-refractivity contribution in [3.05, 3.63) is 59.7 Å². The van der Waals surface area contributed by atoms with Crippen LogP contribution in [0.25, 0.3) is 0 Å². The second kappa shape index (κ2) is 6.79. The lowest BCUT2D eigenvalue weighted by atomic mass is 9.91. The van der Waals surface area contributed by atoms with Gasteiger partial charge in [0.05, 0.1) is 12.2 Å². The summed E-state index contributed by atoms with van der Waals surface area (Å²) in [6, 6.07) is 15.7. The minimum atomic E-state index is -0.674. The number of fused-ring (bicyclic) bond motifs is 1. The van der Waals surface area contributed by atoms with Crippen LogP contribution in [0, 0.1) is 0 Å². The summed E-state index contributed by atoms with van der Waals surface area (Å²) in [4.78, 5) is 15.3. The first-order valence-electron chi connectivity index (χ1n) is 8.96. The molecule has 4 nitrogen and oxygen atoms in total. The molecular formula is C21H26N2O2. The molecule has 0 fully saturated rings. The first-order valence-corrected chi connectivity index (χ1v) is 8.96. The number of benzene rings is 2. The minimum Gasteiger partial charge on any atom is -0.493 e. The first kappa shape index (κ1) is 17.3. The molecule has 1 aliphatic heterocycles. The van der Waals surface area contributed by atoms with E-state index in [-0.39, 0.29) is 11.9 Å². The lowest BCUT2D eigenvalue weighted by Gasteiger charge is -2.49. The third kappa shape index (κ3) is 2.86. The van der Waals surface area contributed by atoms with Gasteiger partial charge in [-0.2, -0.15) is 0 Å². The Kier molecular flexibility index (Phi) is 4.71. The average molecular weight is 338 g/mol. The van der Waals surface area contributed by atoms with Gasteiger partial charge in [0.25, 0.3) is 5.91 Å². The molecular weight excluding hydrogens is 312 g/mol. The Balaban J connectivity index is 2.19. The van der Waals surface area contributed by atoms with Crippen LogP contribution in [0.1, 0.15) is 50.0 Å². The number of anilines is 1. The van der Waals surface area contributed by atoms with Crippen molar-refractivity contribution < 1.29 is 9.53 Å². The van der Waals surface area contributed by atoms with E-state index in [9.17, 15) is 4.79 Å². The second-order valence-corrected chi connectivity index (χ2v) is 6.60. The standard InChI is InChI=1S/C21H26N2O2/c1-5-15(3)23-20(24)16-11-7-9-13-18(16)22-21(23,4)17-12-8-10-14-19(17)25-6-2/h7-15,22H,5-6H2,1-4H3. The molecule has 2 aromatic carbocycles. The van der Waals surface area contributed by atoms with E-state index < -0.39 is 5.66 Å². The number of amides is 1. The van der Waals surface area contributed by atoms with Crippen LogP contribution in [0.4, 0.5) is 5.69 Å². The summed E-state index contributed by atoms with van der Waals surface area (Å²) >= 11 is 0. The SMILES string of the molecule is CCOc1ccccc1C1(C)Nc2ccccc2C(=O)N1C(C)CC. The Bertz CT molecular complexity index is 774. The number of carbonyl (C=O) groups is 1. The number of ether oxygens (including phenoxy) is 1. The van der Waals surface area contributed by atoms with E-state index in [0.717, 1.165) is 23.4 Å². The molecule has 0 bridgehead atoms. The molecule has 0 saturated heterocycles. The van der Waals surface area contributed by atoms with E-state index in [0.29, 0.717) is 12.2 Å². The van der Waals surface area contributed by atoms with Gasteiger partial charge in [0, 0.05) is 17.3 Å². The van der Waals surface area contributed by atoms with Crippen molar-refractivity contribution in [1.29, 1.82) is 0 Å². The van der Waals surface area contributed by atoms with Gasteiger partial charge in [-0.1, -0.05) is 37.3 Å². The largest absolute Gasteiger partial charge is 0.493 e. The molecule has 25 heavy (non-hydrogen) atoms. The third-order valence-electron chi connectivity index (χ3n) is 4.98. The Morgan fingerprint density at radius 2 is 1.80 bits per heavy atom. The zero-order valence-corrected chi connectivity index (χ0v) is 15.4. The van der Waals surface area contributed by atoms with Crippen LogP contribution in [0.2, 0.25) is 0 Å². The number of hydrogen-bond acceptors (Lipinski definition) is 3. The van der Waals surface area contributed by atoms with Gasteiger partial charge in [-0.25, -0.2) is 0 Å². The van der Waals surface area contributed by atoms with Gasteiger partial charge in [-0.15, -0.1) is 0 Å². The van der Waals surface area contributed by atoms with E-state index in [2.05, 4.69) is 26.1 Å². The van der Waals surface area contributed by atoms with Gasteiger partial charge in [0.15, 0.2) is 0 Å². The molecule has 1 N–H and O–H groups in total. The number of nitrogens with zero attached hydrogens (tertiary/aromatic N) is 1. The fourth-order valence-electron chi connectivity index (χ4n) is 3.60. The highest BCUT2D eigenvalue weighted by atomic mass is 16.5. The summed E-state index contributed by atoms with van der Waals surface area (Å²) < 4.78 is 5.86. The first-order chi connectivity index (χ1) is 12.0. The summed E-state index contributed by atoms with van der Waals surface area (Å²) in [5.41, 5.74) is 1.88. The topological polar surface area (TPSA) is 41.6 Å². The molecule has 2 unspecified atom stereocenters. The molecule has 132 valence electrons. The van der Waals surface area contributed by atoms with Crippen molar-refractivity contribution in [3.8, 4) is 5.75 Å². The molecule has 0 radical (unpaired) electrons. The molecule has 0 spiro atoms. The molecule has 0 saturated carbocycles. The Hall–Kier alpha value is -2.49. The van der Waals surface area contributed by atoms with E-state index in [4.69, 9.17) is 4.74 Å². The van der Waals surface area contributed by atoms with E-state index in [1.54, 1.807) is 0 Å². The fraction of sp³-hybridized carbons (Fsp3) is 0.381. The van der Waals surface area contributed by atoms with Crippen molar-refractivity contribution in [3.63, 3.8) is 0 Å². The smallest absolute Gasteiger partial charge is 0.258 e. The van der Waals surface area contributed by atoms with Crippen molar-refractivity contribution in [2.24, 2.45) is 0 Å². The van der Waals surface area contributed by atoms with Crippen LogP contribution in [0.3, 0.4) is 0 Å². The lowest BCUT2D eigenvalue weighted by molar-refractivity contribution is 0.0393. The summed E-state index contributed by atoms with van der Waals surface area (Å²) in [7, 11) is 0. The van der Waals surface area contributed by atoms with E-state index >= 15 is 0 Å².